The molecule has 1 atom stereocenters. The number of aromatic nitrogens is 1. The molecule has 1 aromatic heterocycles. The average molecular weight is 600 g/mol. The molecular weight excluding hydrogens is 566 g/mol. The average Bonchev–Trinajstić information content (AvgIpc) is 3.53. The summed E-state index contributed by atoms with van der Waals surface area (Å²) in [6.07, 6.45) is 1.46. The molecule has 220 valence electrons. The van der Waals surface area contributed by atoms with Crippen LogP contribution >= 0.6 is 11.3 Å². The lowest BCUT2D eigenvalue weighted by molar-refractivity contribution is -0.126. The normalized spacial score (nSPS) is 19.5. The van der Waals surface area contributed by atoms with Crippen molar-refractivity contribution in [3.63, 3.8) is 0 Å². The van der Waals surface area contributed by atoms with E-state index in [4.69, 9.17) is 9.72 Å². The van der Waals surface area contributed by atoms with Crippen molar-refractivity contribution in [1.82, 2.24) is 10.3 Å². The Kier molecular flexibility index (Phi) is 7.26. The second kappa shape index (κ2) is 11.4. The Bertz CT molecular complexity index is 1830. The lowest BCUT2D eigenvalue weighted by Crippen LogP contribution is -2.47. The number of carbonyl (C=O) groups excluding carboxylic acids is 2. The SMILES string of the molecule is COc1cccc(CCNC(=O)c2cccc(-c3csc(NC(=O)C4(C)CC5c6ccccc6C4c4ccccc45)n3)c2)c1. The van der Waals surface area contributed by atoms with Gasteiger partial charge < -0.3 is 15.4 Å². The number of nitrogens with one attached hydrogen (secondary N) is 2. The largest absolute Gasteiger partial charge is 0.497 e. The van der Waals surface area contributed by atoms with E-state index >= 15 is 0 Å². The number of hydrogen-bond acceptors (Lipinski definition) is 5. The maximum Gasteiger partial charge on any atom is 0.251 e. The van der Waals surface area contributed by atoms with Gasteiger partial charge in [-0.05, 0) is 71.8 Å². The number of fused-ring (bicyclic) bond motifs is 1. The van der Waals surface area contributed by atoms with E-state index in [1.54, 1.807) is 13.2 Å². The Morgan fingerprint density at radius 2 is 1.61 bits per heavy atom. The summed E-state index contributed by atoms with van der Waals surface area (Å²) in [6.45, 7) is 2.61. The third-order valence-corrected chi connectivity index (χ3v) is 9.89. The highest BCUT2D eigenvalue weighted by molar-refractivity contribution is 7.14. The molecule has 7 heteroatoms. The van der Waals surface area contributed by atoms with Crippen LogP contribution in [0.2, 0.25) is 0 Å². The number of hydrogen-bond donors (Lipinski definition) is 2. The standard InChI is InChI=1S/C37H33N3O3S/c1-37(21-31-27-13-3-5-15-29(27)33(37)30-16-6-4-14-28(30)31)35(42)40-36-39-32(22-44-36)24-10-8-11-25(20-24)34(41)38-18-17-23-9-7-12-26(19-23)43-2/h3-16,19-20,22,31,33H,17-18,21H2,1-2H3,(H,38,41)(H,39,40,42). The molecule has 44 heavy (non-hydrogen) atoms. The monoisotopic (exact) mass is 599 g/mol. The van der Waals surface area contributed by atoms with Crippen LogP contribution in [0.4, 0.5) is 5.13 Å². The summed E-state index contributed by atoms with van der Waals surface area (Å²) in [7, 11) is 1.64. The molecule has 2 bridgehead atoms. The van der Waals surface area contributed by atoms with Gasteiger partial charge in [0.1, 0.15) is 5.75 Å². The Morgan fingerprint density at radius 1 is 0.909 bits per heavy atom. The summed E-state index contributed by atoms with van der Waals surface area (Å²) in [6, 6.07) is 32.4. The zero-order chi connectivity index (χ0) is 30.3. The molecule has 0 aliphatic heterocycles. The number of benzene rings is 4. The van der Waals surface area contributed by atoms with Crippen molar-refractivity contribution in [3.8, 4) is 17.0 Å². The highest BCUT2D eigenvalue weighted by Gasteiger charge is 2.54. The summed E-state index contributed by atoms with van der Waals surface area (Å²) >= 11 is 1.40. The van der Waals surface area contributed by atoms with E-state index < -0.39 is 5.41 Å². The Labute approximate surface area is 261 Å². The number of rotatable bonds is 8. The minimum atomic E-state index is -0.609. The Morgan fingerprint density at radius 3 is 2.34 bits per heavy atom. The van der Waals surface area contributed by atoms with Crippen LogP contribution in [0.3, 0.4) is 0 Å². The second-order valence-corrected chi connectivity index (χ2v) is 12.7. The Balaban J connectivity index is 1.05. The molecule has 1 unspecified atom stereocenters. The number of methoxy groups -OCH3 is 1. The number of thiazole rings is 1. The molecular formula is C37H33N3O3S. The smallest absolute Gasteiger partial charge is 0.251 e. The quantitative estimate of drug-likeness (QED) is 0.195. The maximum atomic E-state index is 14.0. The van der Waals surface area contributed by atoms with Crippen molar-refractivity contribution in [2.75, 3.05) is 19.0 Å². The van der Waals surface area contributed by atoms with Gasteiger partial charge in [-0.25, -0.2) is 4.98 Å². The van der Waals surface area contributed by atoms with E-state index in [1.807, 2.05) is 47.8 Å². The van der Waals surface area contributed by atoms with E-state index in [-0.39, 0.29) is 23.7 Å². The summed E-state index contributed by atoms with van der Waals surface area (Å²) < 4.78 is 5.29. The molecule has 3 aliphatic carbocycles. The topological polar surface area (TPSA) is 80.3 Å². The predicted molar refractivity (Wildman–Crippen MR) is 175 cm³/mol. The van der Waals surface area contributed by atoms with Gasteiger partial charge in [-0.3, -0.25) is 9.59 Å². The van der Waals surface area contributed by atoms with Crippen LogP contribution in [0, 0.1) is 5.41 Å². The fourth-order valence-corrected chi connectivity index (χ4v) is 7.68. The van der Waals surface area contributed by atoms with Crippen molar-refractivity contribution in [2.45, 2.75) is 31.6 Å². The minimum absolute atomic E-state index is 0.0124. The first-order chi connectivity index (χ1) is 21.4. The summed E-state index contributed by atoms with van der Waals surface area (Å²) in [4.78, 5) is 31.7. The number of ether oxygens (including phenoxy) is 1. The molecule has 1 heterocycles. The van der Waals surface area contributed by atoms with Crippen LogP contribution in [-0.4, -0.2) is 30.5 Å². The van der Waals surface area contributed by atoms with Crippen LogP contribution in [0.25, 0.3) is 11.3 Å². The van der Waals surface area contributed by atoms with Crippen LogP contribution in [-0.2, 0) is 11.2 Å². The number of anilines is 1. The van der Waals surface area contributed by atoms with Gasteiger partial charge in [0, 0.05) is 34.9 Å². The van der Waals surface area contributed by atoms with Crippen LogP contribution in [0.1, 0.15) is 63.4 Å². The zero-order valence-electron chi connectivity index (χ0n) is 24.7. The fraction of sp³-hybridized carbons (Fsp3) is 0.216. The number of carbonyl (C=O) groups is 2. The van der Waals surface area contributed by atoms with Gasteiger partial charge in [0.15, 0.2) is 5.13 Å². The molecule has 4 aromatic carbocycles. The van der Waals surface area contributed by atoms with Crippen LogP contribution in [0.5, 0.6) is 5.75 Å². The third kappa shape index (κ3) is 4.97. The first-order valence-corrected chi connectivity index (χ1v) is 15.8. The lowest BCUT2D eigenvalue weighted by Gasteiger charge is -2.50. The lowest BCUT2D eigenvalue weighted by atomic mass is 9.52. The van der Waals surface area contributed by atoms with Gasteiger partial charge >= 0.3 is 0 Å². The van der Waals surface area contributed by atoms with Crippen molar-refractivity contribution in [2.24, 2.45) is 5.41 Å². The van der Waals surface area contributed by atoms with Crippen LogP contribution < -0.4 is 15.4 Å². The fourth-order valence-electron chi connectivity index (χ4n) is 6.96. The molecule has 3 aliphatic rings. The van der Waals surface area contributed by atoms with Gasteiger partial charge in [0.2, 0.25) is 5.91 Å². The molecule has 5 aromatic rings. The molecule has 2 N–H and O–H groups in total. The highest BCUT2D eigenvalue weighted by Crippen LogP contribution is 2.61. The van der Waals surface area contributed by atoms with Gasteiger partial charge in [0.25, 0.3) is 5.91 Å². The molecule has 0 saturated carbocycles. The second-order valence-electron chi connectivity index (χ2n) is 11.8. The Hall–Kier alpha value is -4.75. The van der Waals surface area contributed by atoms with E-state index in [1.165, 1.54) is 33.6 Å². The van der Waals surface area contributed by atoms with E-state index in [0.29, 0.717) is 23.7 Å². The van der Waals surface area contributed by atoms with Gasteiger partial charge in [-0.2, -0.15) is 0 Å². The summed E-state index contributed by atoms with van der Waals surface area (Å²) in [5, 5.41) is 8.65. The molecule has 2 amide bonds. The molecule has 8 rings (SSSR count). The van der Waals surface area contributed by atoms with Crippen LogP contribution in [0.15, 0.2) is 102 Å². The van der Waals surface area contributed by atoms with E-state index in [2.05, 4.69) is 66.1 Å². The third-order valence-electron chi connectivity index (χ3n) is 9.13. The highest BCUT2D eigenvalue weighted by atomic mass is 32.1. The molecule has 0 fully saturated rings. The van der Waals surface area contributed by atoms with Gasteiger partial charge in [-0.15, -0.1) is 11.3 Å². The van der Waals surface area contributed by atoms with Crippen molar-refractivity contribution in [1.29, 1.82) is 0 Å². The molecule has 0 saturated heterocycles. The zero-order valence-corrected chi connectivity index (χ0v) is 25.5. The summed E-state index contributed by atoms with van der Waals surface area (Å²) in [5.41, 5.74) is 7.77. The first-order valence-electron chi connectivity index (χ1n) is 14.9. The number of nitrogens with zero attached hydrogens (tertiary/aromatic N) is 1. The van der Waals surface area contributed by atoms with Crippen molar-refractivity contribution in [3.05, 3.63) is 136 Å². The van der Waals surface area contributed by atoms with Crippen molar-refractivity contribution >= 4 is 28.3 Å². The first kappa shape index (κ1) is 28.0. The van der Waals surface area contributed by atoms with E-state index in [0.717, 1.165) is 29.0 Å². The summed E-state index contributed by atoms with van der Waals surface area (Å²) in [5.74, 6) is 0.829. The number of amides is 2. The van der Waals surface area contributed by atoms with E-state index in [9.17, 15) is 9.59 Å². The maximum absolute atomic E-state index is 14.0. The predicted octanol–water partition coefficient (Wildman–Crippen LogP) is 7.42. The minimum Gasteiger partial charge on any atom is -0.497 e. The van der Waals surface area contributed by atoms with Gasteiger partial charge in [-0.1, -0.05) is 72.8 Å². The van der Waals surface area contributed by atoms with Gasteiger partial charge in [0.05, 0.1) is 18.2 Å². The molecule has 0 spiro atoms. The molecule has 6 nitrogen and oxygen atoms in total. The molecule has 0 radical (unpaired) electrons. The van der Waals surface area contributed by atoms with Crippen molar-refractivity contribution < 1.29 is 14.3 Å².